The number of carbonyl (C=O) groups excluding carboxylic acids is 1. The second kappa shape index (κ2) is 2.86. The summed E-state index contributed by atoms with van der Waals surface area (Å²) >= 11 is 0. The highest BCUT2D eigenvalue weighted by molar-refractivity contribution is 5.66. The Morgan fingerprint density at radius 1 is 1.80 bits per heavy atom. The molecule has 0 N–H and O–H groups in total. The Hall–Kier alpha value is -0.790. The molecule has 56 valence electrons. The highest BCUT2D eigenvalue weighted by atomic mass is 16.5. The van der Waals surface area contributed by atoms with Crippen molar-refractivity contribution < 1.29 is 9.53 Å². The van der Waals surface area contributed by atoms with Gasteiger partial charge < -0.3 is 4.74 Å². The Labute approximate surface area is 60.9 Å². The molecular formula is C8H12O2. The summed E-state index contributed by atoms with van der Waals surface area (Å²) in [5, 5.41) is 0. The number of hydrogen-bond acceptors (Lipinski definition) is 2. The number of esters is 1. The Balaban J connectivity index is 2.32. The van der Waals surface area contributed by atoms with Crippen molar-refractivity contribution in [1.29, 1.82) is 0 Å². The molecule has 0 aliphatic heterocycles. The van der Waals surface area contributed by atoms with Crippen molar-refractivity contribution in [2.24, 2.45) is 5.92 Å². The summed E-state index contributed by atoms with van der Waals surface area (Å²) in [4.78, 5) is 10.5. The van der Waals surface area contributed by atoms with Gasteiger partial charge in [0.2, 0.25) is 0 Å². The lowest BCUT2D eigenvalue weighted by Gasteiger charge is -2.09. The largest absolute Gasteiger partial charge is 0.458 e. The highest BCUT2D eigenvalue weighted by Crippen LogP contribution is 2.34. The minimum atomic E-state index is -0.211. The van der Waals surface area contributed by atoms with E-state index in [0.29, 0.717) is 5.92 Å². The first-order valence-electron chi connectivity index (χ1n) is 3.54. The normalized spacial score (nSPS) is 19.7. The van der Waals surface area contributed by atoms with Crippen molar-refractivity contribution in [1.82, 2.24) is 0 Å². The van der Waals surface area contributed by atoms with E-state index in [1.807, 2.05) is 0 Å². The summed E-state index contributed by atoms with van der Waals surface area (Å²) < 4.78 is 4.97. The van der Waals surface area contributed by atoms with Crippen LogP contribution in [-0.2, 0) is 9.53 Å². The standard InChI is InChI=1S/C8H12O2/c1-3-8(7-4-5-7)10-6(2)9/h3,7-8H,1,4-5H2,2H3. The molecule has 1 aliphatic rings. The zero-order valence-corrected chi connectivity index (χ0v) is 6.17. The van der Waals surface area contributed by atoms with Gasteiger partial charge in [-0.05, 0) is 18.8 Å². The number of ether oxygens (including phenoxy) is 1. The van der Waals surface area contributed by atoms with Crippen LogP contribution in [0.25, 0.3) is 0 Å². The van der Waals surface area contributed by atoms with Gasteiger partial charge in [-0.1, -0.05) is 12.7 Å². The van der Waals surface area contributed by atoms with Crippen LogP contribution in [0.15, 0.2) is 12.7 Å². The molecule has 0 bridgehead atoms. The second-order valence-corrected chi connectivity index (χ2v) is 2.65. The van der Waals surface area contributed by atoms with Crippen LogP contribution in [0.3, 0.4) is 0 Å². The molecule has 0 aromatic rings. The molecule has 2 heteroatoms. The Morgan fingerprint density at radius 3 is 2.70 bits per heavy atom. The van der Waals surface area contributed by atoms with Crippen molar-refractivity contribution in [3.63, 3.8) is 0 Å². The molecule has 0 aromatic carbocycles. The molecule has 10 heavy (non-hydrogen) atoms. The average molecular weight is 140 g/mol. The molecule has 1 saturated carbocycles. The van der Waals surface area contributed by atoms with Gasteiger partial charge in [0, 0.05) is 6.92 Å². The third-order valence-electron chi connectivity index (χ3n) is 1.62. The van der Waals surface area contributed by atoms with Crippen LogP contribution in [0.5, 0.6) is 0 Å². The van der Waals surface area contributed by atoms with E-state index in [1.165, 1.54) is 19.8 Å². The van der Waals surface area contributed by atoms with Crippen LogP contribution in [0.2, 0.25) is 0 Å². The Morgan fingerprint density at radius 2 is 2.40 bits per heavy atom. The van der Waals surface area contributed by atoms with Crippen molar-refractivity contribution in [3.8, 4) is 0 Å². The lowest BCUT2D eigenvalue weighted by molar-refractivity contribution is -0.144. The minimum absolute atomic E-state index is 0.0301. The van der Waals surface area contributed by atoms with Gasteiger partial charge in [0.1, 0.15) is 6.10 Å². The van der Waals surface area contributed by atoms with Gasteiger partial charge in [-0.2, -0.15) is 0 Å². The molecule has 0 amide bonds. The predicted octanol–water partition coefficient (Wildman–Crippen LogP) is 1.51. The van der Waals surface area contributed by atoms with Gasteiger partial charge in [-0.25, -0.2) is 0 Å². The third-order valence-corrected chi connectivity index (χ3v) is 1.62. The first-order chi connectivity index (χ1) is 4.74. The van der Waals surface area contributed by atoms with E-state index >= 15 is 0 Å². The molecule has 0 saturated heterocycles. The fourth-order valence-electron chi connectivity index (χ4n) is 0.953. The van der Waals surface area contributed by atoms with Gasteiger partial charge in [0.05, 0.1) is 0 Å². The van der Waals surface area contributed by atoms with Crippen molar-refractivity contribution in [3.05, 3.63) is 12.7 Å². The molecule has 1 unspecified atom stereocenters. The van der Waals surface area contributed by atoms with E-state index in [2.05, 4.69) is 6.58 Å². The maximum atomic E-state index is 10.5. The lowest BCUT2D eigenvalue weighted by atomic mass is 10.2. The summed E-state index contributed by atoms with van der Waals surface area (Å²) in [6.07, 6.45) is 4.02. The zero-order valence-electron chi connectivity index (χ0n) is 6.17. The van der Waals surface area contributed by atoms with E-state index in [4.69, 9.17) is 4.74 Å². The summed E-state index contributed by atoms with van der Waals surface area (Å²) in [6.45, 7) is 5.03. The first kappa shape index (κ1) is 7.32. The zero-order chi connectivity index (χ0) is 7.56. The summed E-state index contributed by atoms with van der Waals surface area (Å²) in [6, 6.07) is 0. The molecule has 0 heterocycles. The van der Waals surface area contributed by atoms with Crippen LogP contribution in [0.1, 0.15) is 19.8 Å². The molecule has 1 fully saturated rings. The van der Waals surface area contributed by atoms with Gasteiger partial charge in [-0.15, -0.1) is 0 Å². The molecule has 0 radical (unpaired) electrons. The van der Waals surface area contributed by atoms with Crippen molar-refractivity contribution in [2.45, 2.75) is 25.9 Å². The van der Waals surface area contributed by atoms with E-state index in [0.717, 1.165) is 0 Å². The molecule has 2 nitrogen and oxygen atoms in total. The van der Waals surface area contributed by atoms with E-state index in [9.17, 15) is 4.79 Å². The summed E-state index contributed by atoms with van der Waals surface area (Å²) in [5.41, 5.74) is 0. The monoisotopic (exact) mass is 140 g/mol. The maximum Gasteiger partial charge on any atom is 0.303 e. The van der Waals surface area contributed by atoms with Crippen LogP contribution in [-0.4, -0.2) is 12.1 Å². The molecule has 1 rings (SSSR count). The number of hydrogen-bond donors (Lipinski definition) is 0. The minimum Gasteiger partial charge on any atom is -0.458 e. The smallest absolute Gasteiger partial charge is 0.303 e. The molecule has 0 aromatic heterocycles. The fraction of sp³-hybridized carbons (Fsp3) is 0.625. The van der Waals surface area contributed by atoms with Gasteiger partial charge in [0.25, 0.3) is 0 Å². The predicted molar refractivity (Wildman–Crippen MR) is 38.5 cm³/mol. The molecule has 1 atom stereocenters. The molecule has 0 spiro atoms. The van der Waals surface area contributed by atoms with Gasteiger partial charge in [0.15, 0.2) is 0 Å². The highest BCUT2D eigenvalue weighted by Gasteiger charge is 2.31. The van der Waals surface area contributed by atoms with E-state index in [-0.39, 0.29) is 12.1 Å². The molecule has 1 aliphatic carbocycles. The van der Waals surface area contributed by atoms with Crippen molar-refractivity contribution >= 4 is 5.97 Å². The topological polar surface area (TPSA) is 26.3 Å². The van der Waals surface area contributed by atoms with Crippen molar-refractivity contribution in [2.75, 3.05) is 0 Å². The Bertz CT molecular complexity index is 147. The first-order valence-corrected chi connectivity index (χ1v) is 3.54. The van der Waals surface area contributed by atoms with Gasteiger partial charge >= 0.3 is 5.97 Å². The SMILES string of the molecule is C=CC(OC(C)=O)C1CC1. The summed E-state index contributed by atoms with van der Waals surface area (Å²) in [5.74, 6) is 0.346. The summed E-state index contributed by atoms with van der Waals surface area (Å²) in [7, 11) is 0. The quantitative estimate of drug-likeness (QED) is 0.439. The third kappa shape index (κ3) is 1.87. The van der Waals surface area contributed by atoms with E-state index in [1.54, 1.807) is 6.08 Å². The lowest BCUT2D eigenvalue weighted by Crippen LogP contribution is -2.15. The fourth-order valence-corrected chi connectivity index (χ4v) is 0.953. The molecular weight excluding hydrogens is 128 g/mol. The van der Waals surface area contributed by atoms with Gasteiger partial charge in [-0.3, -0.25) is 4.79 Å². The average Bonchev–Trinajstić information content (AvgIpc) is 2.63. The Kier molecular flexibility index (Phi) is 2.10. The second-order valence-electron chi connectivity index (χ2n) is 2.65. The van der Waals surface area contributed by atoms with Crippen LogP contribution in [0.4, 0.5) is 0 Å². The van der Waals surface area contributed by atoms with Crippen LogP contribution >= 0.6 is 0 Å². The van der Waals surface area contributed by atoms with E-state index < -0.39 is 0 Å². The van der Waals surface area contributed by atoms with Crippen LogP contribution < -0.4 is 0 Å². The van der Waals surface area contributed by atoms with Crippen LogP contribution in [0, 0.1) is 5.92 Å². The number of carbonyl (C=O) groups is 1. The maximum absolute atomic E-state index is 10.5. The number of rotatable bonds is 3.